The van der Waals surface area contributed by atoms with Gasteiger partial charge in [0.15, 0.2) is 0 Å². The highest BCUT2D eigenvalue weighted by molar-refractivity contribution is 14.1. The van der Waals surface area contributed by atoms with Crippen molar-refractivity contribution < 1.29 is 9.90 Å². The third kappa shape index (κ3) is 1.47. The van der Waals surface area contributed by atoms with Crippen LogP contribution in [0.3, 0.4) is 0 Å². The van der Waals surface area contributed by atoms with Crippen LogP contribution in [0, 0.1) is 5.92 Å². The quantitative estimate of drug-likeness (QED) is 0.581. The zero-order chi connectivity index (χ0) is 8.48. The van der Waals surface area contributed by atoms with Crippen LogP contribution in [0.4, 0.5) is 0 Å². The van der Waals surface area contributed by atoms with E-state index in [1.54, 1.807) is 12.2 Å². The molecule has 0 aliphatic heterocycles. The predicted molar refractivity (Wildman–Crippen MR) is 51.8 cm³/mol. The summed E-state index contributed by atoms with van der Waals surface area (Å²) < 4.78 is -0.744. The van der Waals surface area contributed by atoms with Crippen LogP contribution < -0.4 is 0 Å². The largest absolute Gasteiger partial charge is 0.480 e. The van der Waals surface area contributed by atoms with Crippen LogP contribution in [0.1, 0.15) is 6.92 Å². The first-order valence-electron chi connectivity index (χ1n) is 3.35. The van der Waals surface area contributed by atoms with Gasteiger partial charge in [0.1, 0.15) is 3.42 Å². The van der Waals surface area contributed by atoms with Gasteiger partial charge in [-0.2, -0.15) is 0 Å². The Labute approximate surface area is 79.1 Å². The van der Waals surface area contributed by atoms with E-state index < -0.39 is 9.39 Å². The molecule has 3 heteroatoms. The summed E-state index contributed by atoms with van der Waals surface area (Å²) in [6.07, 6.45) is 7.28. The molecule has 0 amide bonds. The topological polar surface area (TPSA) is 37.3 Å². The molecule has 0 aromatic heterocycles. The van der Waals surface area contributed by atoms with Crippen molar-refractivity contribution in [1.82, 2.24) is 0 Å². The lowest BCUT2D eigenvalue weighted by atomic mass is 9.90. The second-order valence-electron chi connectivity index (χ2n) is 2.61. The maximum atomic E-state index is 10.8. The Balaban J connectivity index is 2.94. The molecule has 0 heterocycles. The summed E-state index contributed by atoms with van der Waals surface area (Å²) >= 11 is 1.97. The first-order chi connectivity index (χ1) is 5.07. The Hall–Kier alpha value is -0.320. The SMILES string of the molecule is CC1C=CC=CC1(I)C(=O)O. The third-order valence-electron chi connectivity index (χ3n) is 1.84. The number of aliphatic carboxylic acids is 1. The van der Waals surface area contributed by atoms with E-state index in [0.717, 1.165) is 0 Å². The van der Waals surface area contributed by atoms with Crippen LogP contribution in [-0.2, 0) is 4.79 Å². The molecule has 2 unspecified atom stereocenters. The van der Waals surface area contributed by atoms with Gasteiger partial charge in [-0.3, -0.25) is 4.79 Å². The molecule has 0 saturated carbocycles. The van der Waals surface area contributed by atoms with E-state index in [1.807, 2.05) is 41.7 Å². The highest BCUT2D eigenvalue weighted by atomic mass is 127. The lowest BCUT2D eigenvalue weighted by molar-refractivity contribution is -0.138. The van der Waals surface area contributed by atoms with E-state index in [-0.39, 0.29) is 5.92 Å². The van der Waals surface area contributed by atoms with E-state index in [2.05, 4.69) is 0 Å². The number of hydrogen-bond donors (Lipinski definition) is 1. The van der Waals surface area contributed by atoms with E-state index in [4.69, 9.17) is 5.11 Å². The van der Waals surface area contributed by atoms with Crippen molar-refractivity contribution in [3.05, 3.63) is 24.3 Å². The number of allylic oxidation sites excluding steroid dienone is 3. The number of halogens is 1. The average molecular weight is 264 g/mol. The van der Waals surface area contributed by atoms with Gasteiger partial charge in [0.2, 0.25) is 0 Å². The molecule has 0 fully saturated rings. The Bertz CT molecular complexity index is 232. The van der Waals surface area contributed by atoms with Gasteiger partial charge in [-0.15, -0.1) is 0 Å². The Morgan fingerprint density at radius 1 is 1.64 bits per heavy atom. The van der Waals surface area contributed by atoms with Crippen molar-refractivity contribution in [1.29, 1.82) is 0 Å². The summed E-state index contributed by atoms with van der Waals surface area (Å²) in [4.78, 5) is 10.8. The van der Waals surface area contributed by atoms with Gasteiger partial charge in [-0.1, -0.05) is 53.8 Å². The predicted octanol–water partition coefficient (Wildman–Crippen LogP) is 2.01. The van der Waals surface area contributed by atoms with Gasteiger partial charge < -0.3 is 5.11 Å². The third-order valence-corrected chi connectivity index (χ3v) is 3.64. The number of carboxylic acid groups (broad SMARTS) is 1. The molecule has 60 valence electrons. The molecular formula is C8H9IO2. The smallest absolute Gasteiger partial charge is 0.324 e. The summed E-state index contributed by atoms with van der Waals surface area (Å²) in [5.74, 6) is -0.711. The van der Waals surface area contributed by atoms with Gasteiger partial charge in [0.05, 0.1) is 0 Å². The van der Waals surface area contributed by atoms with Crippen molar-refractivity contribution in [2.24, 2.45) is 5.92 Å². The van der Waals surface area contributed by atoms with Crippen molar-refractivity contribution in [3.8, 4) is 0 Å². The second kappa shape index (κ2) is 2.97. The maximum Gasteiger partial charge on any atom is 0.324 e. The molecule has 1 aliphatic carbocycles. The minimum atomic E-state index is -0.772. The lowest BCUT2D eigenvalue weighted by Crippen LogP contribution is -2.36. The Morgan fingerprint density at radius 3 is 2.64 bits per heavy atom. The van der Waals surface area contributed by atoms with Crippen molar-refractivity contribution >= 4 is 28.6 Å². The van der Waals surface area contributed by atoms with Gasteiger partial charge >= 0.3 is 5.97 Å². The fraction of sp³-hybridized carbons (Fsp3) is 0.375. The highest BCUT2D eigenvalue weighted by Gasteiger charge is 2.38. The highest BCUT2D eigenvalue weighted by Crippen LogP contribution is 2.33. The van der Waals surface area contributed by atoms with Crippen molar-refractivity contribution in [2.45, 2.75) is 10.3 Å². The number of carboxylic acids is 1. The van der Waals surface area contributed by atoms with Crippen molar-refractivity contribution in [2.75, 3.05) is 0 Å². The van der Waals surface area contributed by atoms with Gasteiger partial charge in [-0.25, -0.2) is 0 Å². The summed E-state index contributed by atoms with van der Waals surface area (Å²) in [6, 6.07) is 0. The molecule has 0 aromatic carbocycles. The fourth-order valence-electron chi connectivity index (χ4n) is 0.984. The van der Waals surface area contributed by atoms with Crippen LogP contribution in [0.15, 0.2) is 24.3 Å². The van der Waals surface area contributed by atoms with Gasteiger partial charge in [-0.05, 0) is 0 Å². The number of rotatable bonds is 1. The molecule has 0 spiro atoms. The molecule has 2 nitrogen and oxygen atoms in total. The van der Waals surface area contributed by atoms with Crippen LogP contribution in [0.2, 0.25) is 0 Å². The summed E-state index contributed by atoms with van der Waals surface area (Å²) in [5.41, 5.74) is 0. The van der Waals surface area contributed by atoms with Gasteiger partial charge in [0.25, 0.3) is 0 Å². The second-order valence-corrected chi connectivity index (χ2v) is 4.39. The van der Waals surface area contributed by atoms with Crippen molar-refractivity contribution in [3.63, 3.8) is 0 Å². The standard InChI is InChI=1S/C8H9IO2/c1-6-4-2-3-5-8(6,9)7(10)11/h2-6H,1H3,(H,10,11). The molecular weight excluding hydrogens is 255 g/mol. The molecule has 1 N–H and O–H groups in total. The van der Waals surface area contributed by atoms with E-state index in [1.165, 1.54) is 0 Å². The normalized spacial score (nSPS) is 35.6. The summed E-state index contributed by atoms with van der Waals surface area (Å²) in [5, 5.41) is 8.88. The van der Waals surface area contributed by atoms with E-state index in [9.17, 15) is 4.79 Å². The monoisotopic (exact) mass is 264 g/mol. The number of hydrogen-bond acceptors (Lipinski definition) is 1. The molecule has 11 heavy (non-hydrogen) atoms. The maximum absolute atomic E-state index is 10.8. The van der Waals surface area contributed by atoms with Crippen LogP contribution in [-0.4, -0.2) is 14.5 Å². The molecule has 0 saturated heterocycles. The average Bonchev–Trinajstić information content (AvgIpc) is 1.95. The first-order valence-corrected chi connectivity index (χ1v) is 4.43. The molecule has 1 aliphatic rings. The van der Waals surface area contributed by atoms with Crippen LogP contribution >= 0.6 is 22.6 Å². The fourth-order valence-corrected chi connectivity index (χ4v) is 1.40. The van der Waals surface area contributed by atoms with E-state index >= 15 is 0 Å². The first kappa shape index (κ1) is 8.77. The molecule has 1 rings (SSSR count). The molecule has 0 radical (unpaired) electrons. The molecule has 0 bridgehead atoms. The number of alkyl halides is 1. The Morgan fingerprint density at radius 2 is 2.27 bits per heavy atom. The van der Waals surface area contributed by atoms with Gasteiger partial charge in [0, 0.05) is 5.92 Å². The Kier molecular flexibility index (Phi) is 2.37. The number of carbonyl (C=O) groups is 1. The van der Waals surface area contributed by atoms with Crippen LogP contribution in [0.25, 0.3) is 0 Å². The lowest BCUT2D eigenvalue weighted by Gasteiger charge is -2.25. The summed E-state index contributed by atoms with van der Waals surface area (Å²) in [7, 11) is 0. The summed E-state index contributed by atoms with van der Waals surface area (Å²) in [6.45, 7) is 1.90. The minimum absolute atomic E-state index is 0.0607. The molecule has 2 atom stereocenters. The van der Waals surface area contributed by atoms with E-state index in [0.29, 0.717) is 0 Å². The zero-order valence-corrected chi connectivity index (χ0v) is 8.28. The van der Waals surface area contributed by atoms with Crippen LogP contribution in [0.5, 0.6) is 0 Å². The zero-order valence-electron chi connectivity index (χ0n) is 6.12. The minimum Gasteiger partial charge on any atom is -0.480 e. The molecule has 0 aromatic rings.